The number of hydrogen-bond donors (Lipinski definition) is 1. The molecular formula is C21H19BrClN3O2S2. The zero-order chi connectivity index (χ0) is 20.9. The number of hydrogen-bond acceptors (Lipinski definition) is 6. The molecule has 2 heterocycles. The topological polar surface area (TPSA) is 54.5 Å². The summed E-state index contributed by atoms with van der Waals surface area (Å²) in [6, 6.07) is 13.6. The summed E-state index contributed by atoms with van der Waals surface area (Å²) in [5.74, 6) is 0.194. The smallest absolute Gasteiger partial charge is 0.234 e. The molecule has 3 aromatic rings. The summed E-state index contributed by atoms with van der Waals surface area (Å²) in [5.41, 5.74) is 3.55. The van der Waals surface area contributed by atoms with Gasteiger partial charge in [-0.2, -0.15) is 0 Å². The summed E-state index contributed by atoms with van der Waals surface area (Å²) in [6.07, 6.45) is 0. The summed E-state index contributed by atoms with van der Waals surface area (Å²) in [5, 5.41) is 5.65. The predicted octanol–water partition coefficient (Wildman–Crippen LogP) is 5.79. The Labute approximate surface area is 196 Å². The lowest BCUT2D eigenvalue weighted by atomic mass is 10.2. The fourth-order valence-electron chi connectivity index (χ4n) is 3.11. The largest absolute Gasteiger partial charge is 0.378 e. The molecule has 1 saturated heterocycles. The van der Waals surface area contributed by atoms with E-state index in [0.717, 1.165) is 44.5 Å². The third-order valence-electron chi connectivity index (χ3n) is 4.54. The quantitative estimate of drug-likeness (QED) is 0.414. The van der Waals surface area contributed by atoms with Gasteiger partial charge in [0.1, 0.15) is 0 Å². The lowest BCUT2D eigenvalue weighted by Gasteiger charge is -2.31. The molecule has 156 valence electrons. The van der Waals surface area contributed by atoms with E-state index >= 15 is 0 Å². The van der Waals surface area contributed by atoms with Gasteiger partial charge in [-0.05, 0) is 24.3 Å². The molecule has 2 aromatic carbocycles. The summed E-state index contributed by atoms with van der Waals surface area (Å²) < 4.78 is 7.32. The number of benzene rings is 2. The van der Waals surface area contributed by atoms with Crippen LogP contribution in [0.15, 0.2) is 56.7 Å². The van der Waals surface area contributed by atoms with E-state index < -0.39 is 0 Å². The van der Waals surface area contributed by atoms with Crippen LogP contribution in [-0.2, 0) is 9.53 Å². The van der Waals surface area contributed by atoms with Gasteiger partial charge in [-0.1, -0.05) is 57.5 Å². The Morgan fingerprint density at radius 1 is 1.23 bits per heavy atom. The molecule has 0 bridgehead atoms. The highest BCUT2D eigenvalue weighted by Gasteiger charge is 2.19. The van der Waals surface area contributed by atoms with Gasteiger partial charge in [0.25, 0.3) is 0 Å². The third-order valence-corrected chi connectivity index (χ3v) is 7.39. The number of rotatable bonds is 6. The Bertz CT molecular complexity index is 1020. The lowest BCUT2D eigenvalue weighted by molar-refractivity contribution is -0.113. The van der Waals surface area contributed by atoms with Crippen molar-refractivity contribution in [1.82, 2.24) is 4.98 Å². The van der Waals surface area contributed by atoms with E-state index in [4.69, 9.17) is 16.3 Å². The van der Waals surface area contributed by atoms with Gasteiger partial charge >= 0.3 is 0 Å². The minimum absolute atomic E-state index is 0.0860. The van der Waals surface area contributed by atoms with Crippen LogP contribution in [0.3, 0.4) is 0 Å². The lowest BCUT2D eigenvalue weighted by Crippen LogP contribution is -2.37. The Morgan fingerprint density at radius 2 is 2.00 bits per heavy atom. The molecule has 1 aromatic heterocycles. The number of morpholine rings is 1. The Kier molecular flexibility index (Phi) is 7.32. The highest BCUT2D eigenvalue weighted by molar-refractivity contribution is 9.10. The van der Waals surface area contributed by atoms with Crippen molar-refractivity contribution in [2.45, 2.75) is 4.34 Å². The molecule has 5 nitrogen and oxygen atoms in total. The first kappa shape index (κ1) is 21.6. The summed E-state index contributed by atoms with van der Waals surface area (Å²) in [6.45, 7) is 2.80. The Balaban J connectivity index is 1.39. The molecule has 0 atom stereocenters. The number of carbonyl (C=O) groups excluding carboxylic acids is 1. The maximum Gasteiger partial charge on any atom is 0.234 e. The first-order chi connectivity index (χ1) is 14.6. The minimum atomic E-state index is -0.0860. The number of amides is 1. The van der Waals surface area contributed by atoms with Crippen LogP contribution in [0, 0.1) is 0 Å². The second-order valence-corrected chi connectivity index (χ2v) is 9.98. The average molecular weight is 525 g/mol. The highest BCUT2D eigenvalue weighted by atomic mass is 79.9. The normalized spacial score (nSPS) is 14.0. The predicted molar refractivity (Wildman–Crippen MR) is 129 cm³/mol. The second kappa shape index (κ2) is 10.2. The van der Waals surface area contributed by atoms with Crippen molar-refractivity contribution in [2.75, 3.05) is 42.3 Å². The van der Waals surface area contributed by atoms with Gasteiger partial charge in [-0.25, -0.2) is 4.98 Å². The number of nitrogens with one attached hydrogen (secondary N) is 1. The molecular weight excluding hydrogens is 506 g/mol. The maximum atomic E-state index is 12.6. The maximum absolute atomic E-state index is 12.6. The van der Waals surface area contributed by atoms with Crippen molar-refractivity contribution in [3.63, 3.8) is 0 Å². The van der Waals surface area contributed by atoms with Crippen molar-refractivity contribution in [3.05, 3.63) is 57.3 Å². The fraction of sp³-hybridized carbons (Fsp3) is 0.238. The van der Waals surface area contributed by atoms with Gasteiger partial charge in [0.15, 0.2) is 4.34 Å². The average Bonchev–Trinajstić information content (AvgIpc) is 3.23. The number of carbonyl (C=O) groups is 1. The molecule has 1 aliphatic heterocycles. The zero-order valence-corrected chi connectivity index (χ0v) is 19.9. The zero-order valence-electron chi connectivity index (χ0n) is 15.9. The number of ether oxygens (including phenoxy) is 1. The molecule has 0 unspecified atom stereocenters. The van der Waals surface area contributed by atoms with Crippen LogP contribution in [0.2, 0.25) is 5.02 Å². The minimum Gasteiger partial charge on any atom is -0.378 e. The van der Waals surface area contributed by atoms with Crippen LogP contribution in [0.5, 0.6) is 0 Å². The Hall–Kier alpha value is -1.58. The van der Waals surface area contributed by atoms with Gasteiger partial charge < -0.3 is 15.0 Å². The molecule has 0 radical (unpaired) electrons. The number of thiazole rings is 1. The van der Waals surface area contributed by atoms with Crippen LogP contribution < -0.4 is 10.2 Å². The van der Waals surface area contributed by atoms with Crippen LogP contribution in [0.1, 0.15) is 0 Å². The van der Waals surface area contributed by atoms with Gasteiger partial charge in [0.2, 0.25) is 5.91 Å². The first-order valence-corrected chi connectivity index (χ1v) is 12.4. The fourth-order valence-corrected chi connectivity index (χ4v) is 5.31. The van der Waals surface area contributed by atoms with Crippen LogP contribution in [0.4, 0.5) is 11.4 Å². The number of anilines is 2. The van der Waals surface area contributed by atoms with Crippen molar-refractivity contribution in [1.29, 1.82) is 0 Å². The van der Waals surface area contributed by atoms with E-state index in [9.17, 15) is 4.79 Å². The SMILES string of the molecule is O=C(CSc1nc(-c2ccc(Br)cc2)cs1)Nc1cccc(Cl)c1N1CCOCC1. The van der Waals surface area contributed by atoms with E-state index in [0.29, 0.717) is 18.2 Å². The van der Waals surface area contributed by atoms with Crippen molar-refractivity contribution >= 4 is 67.9 Å². The van der Waals surface area contributed by atoms with Gasteiger partial charge in [-0.3, -0.25) is 4.79 Å². The van der Waals surface area contributed by atoms with Crippen molar-refractivity contribution in [3.8, 4) is 11.3 Å². The molecule has 1 N–H and O–H groups in total. The molecule has 1 amide bonds. The number of halogens is 2. The number of aromatic nitrogens is 1. The monoisotopic (exact) mass is 523 g/mol. The number of nitrogens with zero attached hydrogens (tertiary/aromatic N) is 2. The van der Waals surface area contributed by atoms with Crippen molar-refractivity contribution in [2.24, 2.45) is 0 Å². The Morgan fingerprint density at radius 3 is 2.77 bits per heavy atom. The van der Waals surface area contributed by atoms with E-state index in [1.54, 1.807) is 11.3 Å². The molecule has 4 rings (SSSR count). The number of para-hydroxylation sites is 1. The second-order valence-electron chi connectivity index (χ2n) is 6.58. The van der Waals surface area contributed by atoms with Crippen LogP contribution in [-0.4, -0.2) is 42.9 Å². The molecule has 30 heavy (non-hydrogen) atoms. The molecule has 0 spiro atoms. The van der Waals surface area contributed by atoms with Gasteiger partial charge in [-0.15, -0.1) is 11.3 Å². The van der Waals surface area contributed by atoms with Crippen LogP contribution in [0.25, 0.3) is 11.3 Å². The van der Waals surface area contributed by atoms with E-state index in [2.05, 4.69) is 31.1 Å². The molecule has 1 fully saturated rings. The first-order valence-electron chi connectivity index (χ1n) is 9.35. The van der Waals surface area contributed by atoms with E-state index in [-0.39, 0.29) is 11.7 Å². The molecule has 0 aliphatic carbocycles. The molecule has 1 aliphatic rings. The standard InChI is InChI=1S/C21H19BrClN3O2S2/c22-15-6-4-14(5-7-15)18-12-29-21(25-18)30-13-19(27)24-17-3-1-2-16(23)20(17)26-8-10-28-11-9-26/h1-7,12H,8-11,13H2,(H,24,27). The van der Waals surface area contributed by atoms with Gasteiger partial charge in [0, 0.05) is 28.5 Å². The van der Waals surface area contributed by atoms with E-state index in [1.807, 2.05) is 47.8 Å². The third kappa shape index (κ3) is 5.36. The highest BCUT2D eigenvalue weighted by Crippen LogP contribution is 2.35. The number of thioether (sulfide) groups is 1. The summed E-state index contributed by atoms with van der Waals surface area (Å²) >= 11 is 12.9. The molecule has 9 heteroatoms. The summed E-state index contributed by atoms with van der Waals surface area (Å²) in [7, 11) is 0. The van der Waals surface area contributed by atoms with E-state index in [1.165, 1.54) is 11.8 Å². The van der Waals surface area contributed by atoms with Gasteiger partial charge in [0.05, 0.1) is 41.1 Å². The summed E-state index contributed by atoms with van der Waals surface area (Å²) in [4.78, 5) is 19.4. The molecule has 0 saturated carbocycles. The van der Waals surface area contributed by atoms with Crippen molar-refractivity contribution < 1.29 is 9.53 Å². The van der Waals surface area contributed by atoms with Crippen LogP contribution >= 0.6 is 50.6 Å².